The molecule has 0 saturated heterocycles. The van der Waals surface area contributed by atoms with Gasteiger partial charge < -0.3 is 19.8 Å². The van der Waals surface area contributed by atoms with Crippen LogP contribution in [0.3, 0.4) is 0 Å². The number of amides is 1. The summed E-state index contributed by atoms with van der Waals surface area (Å²) in [6.07, 6.45) is 0. The summed E-state index contributed by atoms with van der Waals surface area (Å²) in [7, 11) is 3.24. The van der Waals surface area contributed by atoms with E-state index >= 15 is 0 Å². The molecule has 0 aliphatic rings. The van der Waals surface area contributed by atoms with Crippen LogP contribution in [0.5, 0.6) is 11.5 Å². The number of thioether (sulfide) groups is 1. The van der Waals surface area contributed by atoms with Gasteiger partial charge in [-0.3, -0.25) is 4.79 Å². The fourth-order valence-electron chi connectivity index (χ4n) is 3.04. The van der Waals surface area contributed by atoms with Gasteiger partial charge in [0.05, 0.1) is 25.3 Å². The number of aromatic nitrogens is 2. The Balaban J connectivity index is 1.60. The number of hydrogen-bond donors (Lipinski definition) is 2. The molecule has 152 valence electrons. The number of ether oxygens (including phenoxy) is 2. The van der Waals surface area contributed by atoms with Gasteiger partial charge in [-0.25, -0.2) is 4.98 Å². The van der Waals surface area contributed by atoms with Gasteiger partial charge >= 0.3 is 0 Å². The SMILES string of the molecule is COc1ccc(NC(=O)[C@H](Sc2nc3ccc(OC)cc3[nH]2)c2ccccc2)cc1. The lowest BCUT2D eigenvalue weighted by molar-refractivity contribution is -0.115. The number of hydrogen-bond acceptors (Lipinski definition) is 5. The van der Waals surface area contributed by atoms with Gasteiger partial charge in [-0.2, -0.15) is 0 Å². The highest BCUT2D eigenvalue weighted by Crippen LogP contribution is 2.36. The Bertz CT molecular complexity index is 1140. The maximum absolute atomic E-state index is 13.2. The second-order valence-corrected chi connectivity index (χ2v) is 7.65. The van der Waals surface area contributed by atoms with Crippen molar-refractivity contribution in [2.45, 2.75) is 10.4 Å². The van der Waals surface area contributed by atoms with Crippen molar-refractivity contribution >= 4 is 34.4 Å². The average molecular weight is 420 g/mol. The van der Waals surface area contributed by atoms with E-state index in [0.29, 0.717) is 10.8 Å². The first-order valence-corrected chi connectivity index (χ1v) is 10.2. The summed E-state index contributed by atoms with van der Waals surface area (Å²) in [5.41, 5.74) is 3.28. The molecule has 1 amide bonds. The normalized spacial score (nSPS) is 11.8. The fourth-order valence-corrected chi connectivity index (χ4v) is 4.05. The number of rotatable bonds is 7. The molecule has 30 heavy (non-hydrogen) atoms. The number of carbonyl (C=O) groups is 1. The Kier molecular flexibility index (Phi) is 5.90. The smallest absolute Gasteiger partial charge is 0.242 e. The number of fused-ring (bicyclic) bond motifs is 1. The summed E-state index contributed by atoms with van der Waals surface area (Å²) in [5.74, 6) is 1.36. The highest BCUT2D eigenvalue weighted by atomic mass is 32.2. The van der Waals surface area contributed by atoms with Crippen LogP contribution < -0.4 is 14.8 Å². The Morgan fingerprint density at radius 3 is 2.37 bits per heavy atom. The summed E-state index contributed by atoms with van der Waals surface area (Å²) in [6, 6.07) is 22.6. The fraction of sp³-hybridized carbons (Fsp3) is 0.130. The van der Waals surface area contributed by atoms with Crippen molar-refractivity contribution in [1.82, 2.24) is 9.97 Å². The lowest BCUT2D eigenvalue weighted by Crippen LogP contribution is -2.19. The number of imidazole rings is 1. The standard InChI is InChI=1S/C23H21N3O3S/c1-28-17-10-8-16(9-11-17)24-22(27)21(15-6-4-3-5-7-15)30-23-25-19-13-12-18(29-2)14-20(19)26-23/h3-14,21H,1-2H3,(H,24,27)(H,25,26)/t21-/m1/s1. The topological polar surface area (TPSA) is 76.2 Å². The second-order valence-electron chi connectivity index (χ2n) is 6.55. The molecule has 0 bridgehead atoms. The van der Waals surface area contributed by atoms with E-state index in [9.17, 15) is 4.79 Å². The van der Waals surface area contributed by atoms with Gasteiger partial charge in [0.25, 0.3) is 0 Å². The summed E-state index contributed by atoms with van der Waals surface area (Å²) in [4.78, 5) is 21.1. The largest absolute Gasteiger partial charge is 0.497 e. The third-order valence-electron chi connectivity index (χ3n) is 4.59. The Labute approximate surface area is 178 Å². The first kappa shape index (κ1) is 19.8. The molecule has 3 aromatic carbocycles. The van der Waals surface area contributed by atoms with Crippen LogP contribution in [0.2, 0.25) is 0 Å². The van der Waals surface area contributed by atoms with Crippen LogP contribution in [-0.4, -0.2) is 30.1 Å². The van der Waals surface area contributed by atoms with Crippen LogP contribution in [0.25, 0.3) is 11.0 Å². The molecule has 0 radical (unpaired) electrons. The lowest BCUT2D eigenvalue weighted by Gasteiger charge is -2.16. The Morgan fingerprint density at radius 1 is 0.967 bits per heavy atom. The molecule has 4 aromatic rings. The van der Waals surface area contributed by atoms with E-state index in [2.05, 4.69) is 15.3 Å². The molecule has 1 atom stereocenters. The van der Waals surface area contributed by atoms with Crippen LogP contribution in [-0.2, 0) is 4.79 Å². The third-order valence-corrected chi connectivity index (χ3v) is 5.73. The molecule has 0 saturated carbocycles. The zero-order valence-electron chi connectivity index (χ0n) is 16.6. The molecule has 2 N–H and O–H groups in total. The molecule has 7 heteroatoms. The minimum absolute atomic E-state index is 0.130. The molecule has 0 aliphatic carbocycles. The number of anilines is 1. The minimum atomic E-state index is -0.476. The van der Waals surface area contributed by atoms with Crippen molar-refractivity contribution < 1.29 is 14.3 Å². The van der Waals surface area contributed by atoms with Gasteiger partial charge in [0.15, 0.2) is 5.16 Å². The Morgan fingerprint density at radius 2 is 1.67 bits per heavy atom. The molecule has 6 nitrogen and oxygen atoms in total. The number of aromatic amines is 1. The number of nitrogens with zero attached hydrogens (tertiary/aromatic N) is 1. The minimum Gasteiger partial charge on any atom is -0.497 e. The average Bonchev–Trinajstić information content (AvgIpc) is 3.20. The van der Waals surface area contributed by atoms with Crippen molar-refractivity contribution in [3.63, 3.8) is 0 Å². The quantitative estimate of drug-likeness (QED) is 0.410. The van der Waals surface area contributed by atoms with E-state index in [4.69, 9.17) is 9.47 Å². The van der Waals surface area contributed by atoms with Crippen LogP contribution >= 0.6 is 11.8 Å². The van der Waals surface area contributed by atoms with Crippen molar-refractivity contribution in [3.05, 3.63) is 78.4 Å². The van der Waals surface area contributed by atoms with Crippen molar-refractivity contribution in [3.8, 4) is 11.5 Å². The van der Waals surface area contributed by atoms with E-state index in [-0.39, 0.29) is 5.91 Å². The van der Waals surface area contributed by atoms with E-state index in [1.165, 1.54) is 11.8 Å². The predicted octanol–water partition coefficient (Wildman–Crippen LogP) is 5.05. The predicted molar refractivity (Wildman–Crippen MR) is 119 cm³/mol. The Hall–Kier alpha value is -3.45. The maximum atomic E-state index is 13.2. The summed E-state index contributed by atoms with van der Waals surface area (Å²) < 4.78 is 10.5. The van der Waals surface area contributed by atoms with Crippen molar-refractivity contribution in [2.75, 3.05) is 19.5 Å². The molecule has 0 aliphatic heterocycles. The van der Waals surface area contributed by atoms with Gasteiger partial charge in [-0.15, -0.1) is 0 Å². The third kappa shape index (κ3) is 4.41. The molecule has 0 spiro atoms. The van der Waals surface area contributed by atoms with Gasteiger partial charge in [0.2, 0.25) is 5.91 Å². The number of benzene rings is 3. The van der Waals surface area contributed by atoms with Crippen molar-refractivity contribution in [1.29, 1.82) is 0 Å². The number of H-pyrrole nitrogens is 1. The molecule has 1 aromatic heterocycles. The van der Waals surface area contributed by atoms with Gasteiger partial charge in [0.1, 0.15) is 16.7 Å². The zero-order valence-corrected chi connectivity index (χ0v) is 17.4. The van der Waals surface area contributed by atoms with E-state index in [1.807, 2.05) is 72.8 Å². The molecule has 1 heterocycles. The van der Waals surface area contributed by atoms with Gasteiger partial charge in [-0.05, 0) is 42.0 Å². The summed E-state index contributed by atoms with van der Waals surface area (Å²) >= 11 is 1.37. The van der Waals surface area contributed by atoms with E-state index < -0.39 is 5.25 Å². The highest BCUT2D eigenvalue weighted by Gasteiger charge is 2.24. The number of nitrogens with one attached hydrogen (secondary N) is 2. The zero-order chi connectivity index (χ0) is 20.9. The summed E-state index contributed by atoms with van der Waals surface area (Å²) in [5, 5.41) is 3.17. The number of methoxy groups -OCH3 is 2. The molecule has 0 unspecified atom stereocenters. The second kappa shape index (κ2) is 8.92. The van der Waals surface area contributed by atoms with Crippen LogP contribution in [0.4, 0.5) is 5.69 Å². The lowest BCUT2D eigenvalue weighted by atomic mass is 10.1. The summed E-state index contributed by atoms with van der Waals surface area (Å²) in [6.45, 7) is 0. The van der Waals surface area contributed by atoms with Crippen LogP contribution in [0, 0.1) is 0 Å². The molecule has 0 fully saturated rings. The maximum Gasteiger partial charge on any atom is 0.242 e. The molecule has 4 rings (SSSR count). The first-order valence-electron chi connectivity index (χ1n) is 9.36. The highest BCUT2D eigenvalue weighted by molar-refractivity contribution is 8.00. The number of carbonyl (C=O) groups excluding carboxylic acids is 1. The first-order chi connectivity index (χ1) is 14.7. The van der Waals surface area contributed by atoms with Crippen LogP contribution in [0.1, 0.15) is 10.8 Å². The molecular weight excluding hydrogens is 398 g/mol. The van der Waals surface area contributed by atoms with Crippen LogP contribution in [0.15, 0.2) is 78.0 Å². The molecular formula is C23H21N3O3S. The van der Waals surface area contributed by atoms with Gasteiger partial charge in [-0.1, -0.05) is 42.1 Å². The van der Waals surface area contributed by atoms with Gasteiger partial charge in [0, 0.05) is 11.8 Å². The van der Waals surface area contributed by atoms with Crippen molar-refractivity contribution in [2.24, 2.45) is 0 Å². The van der Waals surface area contributed by atoms with E-state index in [0.717, 1.165) is 28.1 Å². The van der Waals surface area contributed by atoms with E-state index in [1.54, 1.807) is 14.2 Å². The monoisotopic (exact) mass is 419 g/mol.